The highest BCUT2D eigenvalue weighted by Gasteiger charge is 2.00. The molecule has 0 unspecified atom stereocenters. The molecule has 0 aliphatic carbocycles. The highest BCUT2D eigenvalue weighted by atomic mass is 35.5. The van der Waals surface area contributed by atoms with E-state index in [1.165, 1.54) is 6.33 Å². The third-order valence-corrected chi connectivity index (χ3v) is 1.04. The zero-order valence-electron chi connectivity index (χ0n) is 6.28. The third-order valence-electron chi connectivity index (χ3n) is 0.861. The fraction of sp³-hybridized carbons (Fsp3) is 0.500. The molecule has 0 fully saturated rings. The molecule has 1 aromatic rings. The Morgan fingerprint density at radius 3 is 2.73 bits per heavy atom. The first-order valence-corrected chi connectivity index (χ1v) is 3.57. The third kappa shape index (κ3) is 2.67. The molecule has 0 amide bonds. The second-order valence-corrected chi connectivity index (χ2v) is 2.54. The van der Waals surface area contributed by atoms with E-state index in [-0.39, 0.29) is 17.4 Å². The number of nitrogens with zero attached hydrogens (tertiary/aromatic N) is 3. The molecule has 60 valence electrons. The summed E-state index contributed by atoms with van der Waals surface area (Å²) in [5, 5.41) is 0.149. The number of hydrogen-bond donors (Lipinski definition) is 0. The van der Waals surface area contributed by atoms with Crippen LogP contribution in [0.1, 0.15) is 13.8 Å². The lowest BCUT2D eigenvalue weighted by molar-refractivity contribution is 0.221. The van der Waals surface area contributed by atoms with Crippen molar-refractivity contribution in [2.45, 2.75) is 20.0 Å². The van der Waals surface area contributed by atoms with E-state index in [1.807, 2.05) is 13.8 Å². The summed E-state index contributed by atoms with van der Waals surface area (Å²) in [5.74, 6) is 0. The van der Waals surface area contributed by atoms with Crippen LogP contribution in [0.15, 0.2) is 6.33 Å². The zero-order chi connectivity index (χ0) is 8.27. The summed E-state index contributed by atoms with van der Waals surface area (Å²) in [6.07, 6.45) is 1.36. The molecule has 0 aromatic carbocycles. The first-order valence-electron chi connectivity index (χ1n) is 3.19. The Balaban J connectivity index is 2.71. The zero-order valence-corrected chi connectivity index (χ0v) is 7.04. The van der Waals surface area contributed by atoms with Gasteiger partial charge in [-0.1, -0.05) is 0 Å². The van der Waals surface area contributed by atoms with E-state index in [9.17, 15) is 0 Å². The predicted molar refractivity (Wildman–Crippen MR) is 40.6 cm³/mol. The van der Waals surface area contributed by atoms with Crippen molar-refractivity contribution in [2.75, 3.05) is 0 Å². The standard InChI is InChI=1S/C6H8ClN3O/c1-4(2)11-6-9-3-8-5(7)10-6/h3-4H,1-2H3. The fourth-order valence-electron chi connectivity index (χ4n) is 0.530. The fourth-order valence-corrected chi connectivity index (χ4v) is 0.646. The molecule has 1 aromatic heterocycles. The van der Waals surface area contributed by atoms with Gasteiger partial charge in [-0.15, -0.1) is 0 Å². The van der Waals surface area contributed by atoms with Crippen molar-refractivity contribution in [3.63, 3.8) is 0 Å². The van der Waals surface area contributed by atoms with Crippen molar-refractivity contribution < 1.29 is 4.74 Å². The van der Waals surface area contributed by atoms with Crippen LogP contribution >= 0.6 is 11.6 Å². The van der Waals surface area contributed by atoms with Crippen LogP contribution in [-0.2, 0) is 0 Å². The Hall–Kier alpha value is -0.900. The quantitative estimate of drug-likeness (QED) is 0.677. The molecule has 0 N–H and O–H groups in total. The number of halogens is 1. The molecule has 0 atom stereocenters. The highest BCUT2D eigenvalue weighted by Crippen LogP contribution is 2.05. The summed E-state index contributed by atoms with van der Waals surface area (Å²) in [4.78, 5) is 11.1. The van der Waals surface area contributed by atoms with E-state index in [0.29, 0.717) is 0 Å². The van der Waals surface area contributed by atoms with Gasteiger partial charge in [0, 0.05) is 0 Å². The molecule has 5 heteroatoms. The van der Waals surface area contributed by atoms with Gasteiger partial charge in [0.05, 0.1) is 6.10 Å². The molecule has 0 aliphatic heterocycles. The Kier molecular flexibility index (Phi) is 2.59. The molecule has 11 heavy (non-hydrogen) atoms. The van der Waals surface area contributed by atoms with E-state index in [0.717, 1.165) is 0 Å². The lowest BCUT2D eigenvalue weighted by Crippen LogP contribution is -2.08. The molecule has 1 rings (SSSR count). The molecule has 0 spiro atoms. The minimum atomic E-state index is 0.0495. The van der Waals surface area contributed by atoms with E-state index in [4.69, 9.17) is 16.3 Å². The van der Waals surface area contributed by atoms with Crippen LogP contribution in [-0.4, -0.2) is 21.1 Å². The van der Waals surface area contributed by atoms with Crippen LogP contribution in [0.5, 0.6) is 6.01 Å². The molecule has 1 heterocycles. The molecule has 4 nitrogen and oxygen atoms in total. The maximum atomic E-state index is 5.49. The van der Waals surface area contributed by atoms with Crippen molar-refractivity contribution in [3.05, 3.63) is 11.6 Å². The first kappa shape index (κ1) is 8.20. The second-order valence-electron chi connectivity index (χ2n) is 2.20. The summed E-state index contributed by atoms with van der Waals surface area (Å²) in [6.45, 7) is 3.77. The molecule has 0 saturated carbocycles. The summed E-state index contributed by atoms with van der Waals surface area (Å²) in [7, 11) is 0. The smallest absolute Gasteiger partial charge is 0.320 e. The topological polar surface area (TPSA) is 47.9 Å². The van der Waals surface area contributed by atoms with Gasteiger partial charge >= 0.3 is 6.01 Å². The van der Waals surface area contributed by atoms with Gasteiger partial charge in [0.2, 0.25) is 5.28 Å². The summed E-state index contributed by atoms with van der Waals surface area (Å²) in [6, 6.07) is 0.264. The summed E-state index contributed by atoms with van der Waals surface area (Å²) >= 11 is 5.49. The van der Waals surface area contributed by atoms with Gasteiger partial charge in [-0.3, -0.25) is 0 Å². The van der Waals surface area contributed by atoms with Crippen molar-refractivity contribution in [1.29, 1.82) is 0 Å². The molecule has 0 saturated heterocycles. The van der Waals surface area contributed by atoms with E-state index < -0.39 is 0 Å². The largest absolute Gasteiger partial charge is 0.461 e. The van der Waals surface area contributed by atoms with Crippen LogP contribution in [0, 0.1) is 0 Å². The van der Waals surface area contributed by atoms with Crippen molar-refractivity contribution in [1.82, 2.24) is 15.0 Å². The second kappa shape index (κ2) is 3.48. The van der Waals surface area contributed by atoms with Gasteiger partial charge in [0.1, 0.15) is 6.33 Å². The lowest BCUT2D eigenvalue weighted by Gasteiger charge is -2.05. The minimum absolute atomic E-state index is 0.0495. The Labute approximate surface area is 69.6 Å². The predicted octanol–water partition coefficient (Wildman–Crippen LogP) is 1.31. The molecule has 0 aliphatic rings. The first-order chi connectivity index (χ1) is 5.18. The van der Waals surface area contributed by atoms with Crippen LogP contribution in [0.3, 0.4) is 0 Å². The highest BCUT2D eigenvalue weighted by molar-refractivity contribution is 6.28. The van der Waals surface area contributed by atoms with Gasteiger partial charge in [0.25, 0.3) is 0 Å². The van der Waals surface area contributed by atoms with Crippen LogP contribution in [0.4, 0.5) is 0 Å². The molecular formula is C6H8ClN3O. The van der Waals surface area contributed by atoms with Gasteiger partial charge in [-0.2, -0.15) is 9.97 Å². The molecule has 0 radical (unpaired) electrons. The van der Waals surface area contributed by atoms with E-state index in [2.05, 4.69) is 15.0 Å². The SMILES string of the molecule is CC(C)Oc1ncnc(Cl)n1. The number of rotatable bonds is 2. The normalized spacial score (nSPS) is 10.2. The Morgan fingerprint density at radius 1 is 1.45 bits per heavy atom. The lowest BCUT2D eigenvalue weighted by atomic mass is 10.5. The average molecular weight is 174 g/mol. The number of aromatic nitrogens is 3. The summed E-state index contributed by atoms with van der Waals surface area (Å²) in [5.41, 5.74) is 0. The maximum absolute atomic E-state index is 5.49. The van der Waals surface area contributed by atoms with E-state index >= 15 is 0 Å². The van der Waals surface area contributed by atoms with Crippen LogP contribution < -0.4 is 4.74 Å². The average Bonchev–Trinajstić information content (AvgIpc) is 1.85. The van der Waals surface area contributed by atoms with Crippen LogP contribution in [0.2, 0.25) is 5.28 Å². The van der Waals surface area contributed by atoms with Gasteiger partial charge in [-0.25, -0.2) is 4.98 Å². The van der Waals surface area contributed by atoms with E-state index in [1.54, 1.807) is 0 Å². The maximum Gasteiger partial charge on any atom is 0.320 e. The van der Waals surface area contributed by atoms with Gasteiger partial charge in [-0.05, 0) is 25.4 Å². The summed E-state index contributed by atoms with van der Waals surface area (Å²) < 4.78 is 5.15. The minimum Gasteiger partial charge on any atom is -0.461 e. The number of hydrogen-bond acceptors (Lipinski definition) is 4. The van der Waals surface area contributed by atoms with Crippen molar-refractivity contribution >= 4 is 11.6 Å². The van der Waals surface area contributed by atoms with Gasteiger partial charge in [0.15, 0.2) is 0 Å². The molecule has 0 bridgehead atoms. The van der Waals surface area contributed by atoms with Crippen LogP contribution in [0.25, 0.3) is 0 Å². The van der Waals surface area contributed by atoms with Gasteiger partial charge < -0.3 is 4.74 Å². The molecular weight excluding hydrogens is 166 g/mol. The number of ether oxygens (including phenoxy) is 1. The monoisotopic (exact) mass is 173 g/mol. The van der Waals surface area contributed by atoms with Crippen molar-refractivity contribution in [3.8, 4) is 6.01 Å². The van der Waals surface area contributed by atoms with Crippen molar-refractivity contribution in [2.24, 2.45) is 0 Å². The Bertz CT molecular complexity index is 241. The Morgan fingerprint density at radius 2 is 2.18 bits per heavy atom.